The predicted molar refractivity (Wildman–Crippen MR) is 68.7 cm³/mol. The third kappa shape index (κ3) is 4.60. The predicted octanol–water partition coefficient (Wildman–Crippen LogP) is 2.20. The summed E-state index contributed by atoms with van der Waals surface area (Å²) >= 11 is 1.76. The van der Waals surface area contributed by atoms with Crippen molar-refractivity contribution in [1.82, 2.24) is 10.3 Å². The van der Waals surface area contributed by atoms with Crippen molar-refractivity contribution < 1.29 is 5.11 Å². The van der Waals surface area contributed by atoms with Gasteiger partial charge in [-0.25, -0.2) is 4.98 Å². The van der Waals surface area contributed by atoms with Gasteiger partial charge in [-0.3, -0.25) is 0 Å². The molecule has 0 radical (unpaired) electrons. The minimum Gasteiger partial charge on any atom is -0.393 e. The number of hydrogen-bond acceptors (Lipinski definition) is 4. The molecule has 0 saturated carbocycles. The van der Waals surface area contributed by atoms with E-state index in [0.29, 0.717) is 5.92 Å². The molecule has 1 aromatic heterocycles. The standard InChI is InChI=1S/C12H22N2OS/c1-4-12-14-8-10(16-12)7-13-6-5-11(15)9(2)3/h8-9,11,13,15H,4-7H2,1-3H3. The molecule has 92 valence electrons. The number of thiazole rings is 1. The number of hydrogen-bond donors (Lipinski definition) is 2. The van der Waals surface area contributed by atoms with Crippen molar-refractivity contribution in [2.45, 2.75) is 46.3 Å². The highest BCUT2D eigenvalue weighted by atomic mass is 32.1. The summed E-state index contributed by atoms with van der Waals surface area (Å²) in [6.07, 6.45) is 3.57. The zero-order chi connectivity index (χ0) is 12.0. The van der Waals surface area contributed by atoms with E-state index in [2.05, 4.69) is 17.2 Å². The van der Waals surface area contributed by atoms with Crippen molar-refractivity contribution in [1.29, 1.82) is 0 Å². The second-order valence-corrected chi connectivity index (χ2v) is 5.55. The zero-order valence-corrected chi connectivity index (χ0v) is 11.2. The highest BCUT2D eigenvalue weighted by Gasteiger charge is 2.08. The average Bonchev–Trinajstić information content (AvgIpc) is 2.71. The molecule has 0 bridgehead atoms. The van der Waals surface area contributed by atoms with Crippen molar-refractivity contribution in [3.63, 3.8) is 0 Å². The summed E-state index contributed by atoms with van der Waals surface area (Å²) in [7, 11) is 0. The maximum absolute atomic E-state index is 9.62. The van der Waals surface area contributed by atoms with Gasteiger partial charge in [-0.2, -0.15) is 0 Å². The van der Waals surface area contributed by atoms with Gasteiger partial charge in [0, 0.05) is 17.6 Å². The molecular formula is C12H22N2OS. The molecule has 4 heteroatoms. The minimum atomic E-state index is -0.194. The van der Waals surface area contributed by atoms with E-state index in [4.69, 9.17) is 0 Å². The first-order chi connectivity index (χ1) is 7.63. The van der Waals surface area contributed by atoms with Gasteiger partial charge >= 0.3 is 0 Å². The smallest absolute Gasteiger partial charge is 0.0925 e. The van der Waals surface area contributed by atoms with Gasteiger partial charge in [0.15, 0.2) is 0 Å². The first-order valence-corrected chi connectivity index (χ1v) is 6.77. The Hall–Kier alpha value is -0.450. The van der Waals surface area contributed by atoms with Gasteiger partial charge in [0.05, 0.1) is 11.1 Å². The summed E-state index contributed by atoms with van der Waals surface area (Å²) < 4.78 is 0. The van der Waals surface area contributed by atoms with Crippen molar-refractivity contribution in [2.24, 2.45) is 5.92 Å². The summed E-state index contributed by atoms with van der Waals surface area (Å²) in [4.78, 5) is 5.58. The van der Waals surface area contributed by atoms with Gasteiger partial charge in [-0.1, -0.05) is 20.8 Å². The molecule has 1 atom stereocenters. The number of aliphatic hydroxyl groups excluding tert-OH is 1. The van der Waals surface area contributed by atoms with Crippen LogP contribution >= 0.6 is 11.3 Å². The van der Waals surface area contributed by atoms with E-state index in [9.17, 15) is 5.11 Å². The number of nitrogens with zero attached hydrogens (tertiary/aromatic N) is 1. The first kappa shape index (κ1) is 13.6. The van der Waals surface area contributed by atoms with E-state index >= 15 is 0 Å². The highest BCUT2D eigenvalue weighted by molar-refractivity contribution is 7.11. The molecule has 0 aliphatic heterocycles. The van der Waals surface area contributed by atoms with E-state index in [-0.39, 0.29) is 6.10 Å². The number of nitrogens with one attached hydrogen (secondary N) is 1. The lowest BCUT2D eigenvalue weighted by atomic mass is 10.0. The van der Waals surface area contributed by atoms with Crippen LogP contribution in [0.25, 0.3) is 0 Å². The SMILES string of the molecule is CCc1ncc(CNCCC(O)C(C)C)s1. The molecule has 0 amide bonds. The van der Waals surface area contributed by atoms with Crippen LogP contribution < -0.4 is 5.32 Å². The van der Waals surface area contributed by atoms with Crippen LogP contribution in [0.1, 0.15) is 37.1 Å². The maximum atomic E-state index is 9.62. The molecular weight excluding hydrogens is 220 g/mol. The quantitative estimate of drug-likeness (QED) is 0.721. The topological polar surface area (TPSA) is 45.2 Å². The van der Waals surface area contributed by atoms with Crippen LogP contribution in [0.15, 0.2) is 6.20 Å². The fourth-order valence-corrected chi connectivity index (χ4v) is 2.22. The van der Waals surface area contributed by atoms with Gasteiger partial charge in [-0.05, 0) is 25.3 Å². The molecule has 1 aromatic rings. The van der Waals surface area contributed by atoms with Gasteiger partial charge < -0.3 is 10.4 Å². The molecule has 1 heterocycles. The van der Waals surface area contributed by atoms with Crippen LogP contribution in [0.4, 0.5) is 0 Å². The Bertz CT molecular complexity index is 299. The molecule has 1 rings (SSSR count). The summed E-state index contributed by atoms with van der Waals surface area (Å²) in [5.74, 6) is 0.344. The van der Waals surface area contributed by atoms with E-state index < -0.39 is 0 Å². The van der Waals surface area contributed by atoms with Crippen LogP contribution in [0.5, 0.6) is 0 Å². The molecule has 0 spiro atoms. The lowest BCUT2D eigenvalue weighted by Crippen LogP contribution is -2.23. The fourth-order valence-electron chi connectivity index (χ4n) is 1.39. The van der Waals surface area contributed by atoms with Gasteiger partial charge in [0.1, 0.15) is 0 Å². The van der Waals surface area contributed by atoms with Gasteiger partial charge in [0.25, 0.3) is 0 Å². The molecule has 1 unspecified atom stereocenters. The molecule has 0 fully saturated rings. The highest BCUT2D eigenvalue weighted by Crippen LogP contribution is 2.12. The molecule has 0 aromatic carbocycles. The normalized spacial score (nSPS) is 13.3. The fraction of sp³-hybridized carbons (Fsp3) is 0.750. The number of aryl methyl sites for hydroxylation is 1. The molecule has 16 heavy (non-hydrogen) atoms. The Kier molecular flexibility index (Phi) is 5.95. The summed E-state index contributed by atoms with van der Waals surface area (Å²) in [5, 5.41) is 14.1. The Morgan fingerprint density at radius 2 is 2.25 bits per heavy atom. The molecule has 0 saturated heterocycles. The lowest BCUT2D eigenvalue weighted by Gasteiger charge is -2.14. The summed E-state index contributed by atoms with van der Waals surface area (Å²) in [6.45, 7) is 7.93. The van der Waals surface area contributed by atoms with Crippen LogP contribution in [0, 0.1) is 5.92 Å². The largest absolute Gasteiger partial charge is 0.393 e. The third-order valence-corrected chi connectivity index (χ3v) is 3.73. The van der Waals surface area contributed by atoms with Crippen molar-refractivity contribution in [3.8, 4) is 0 Å². The zero-order valence-electron chi connectivity index (χ0n) is 10.4. The van der Waals surface area contributed by atoms with Crippen LogP contribution in [-0.2, 0) is 13.0 Å². The number of rotatable bonds is 7. The van der Waals surface area contributed by atoms with Crippen molar-refractivity contribution in [2.75, 3.05) is 6.54 Å². The molecule has 0 aliphatic rings. The second kappa shape index (κ2) is 6.99. The van der Waals surface area contributed by atoms with Crippen LogP contribution in [0.3, 0.4) is 0 Å². The van der Waals surface area contributed by atoms with Crippen molar-refractivity contribution >= 4 is 11.3 Å². The summed E-state index contributed by atoms with van der Waals surface area (Å²) in [6, 6.07) is 0. The number of aromatic nitrogens is 1. The minimum absolute atomic E-state index is 0.194. The first-order valence-electron chi connectivity index (χ1n) is 5.95. The van der Waals surface area contributed by atoms with Crippen molar-refractivity contribution in [3.05, 3.63) is 16.1 Å². The van der Waals surface area contributed by atoms with E-state index in [1.807, 2.05) is 20.0 Å². The Morgan fingerprint density at radius 3 is 2.81 bits per heavy atom. The molecule has 0 aliphatic carbocycles. The Labute approximate surface area is 102 Å². The van der Waals surface area contributed by atoms with E-state index in [1.54, 1.807) is 11.3 Å². The summed E-state index contributed by atoms with van der Waals surface area (Å²) in [5.41, 5.74) is 0. The molecule has 3 nitrogen and oxygen atoms in total. The van der Waals surface area contributed by atoms with Gasteiger partial charge in [-0.15, -0.1) is 11.3 Å². The van der Waals surface area contributed by atoms with Crippen LogP contribution in [-0.4, -0.2) is 22.7 Å². The Morgan fingerprint density at radius 1 is 1.50 bits per heavy atom. The Balaban J connectivity index is 2.16. The van der Waals surface area contributed by atoms with Gasteiger partial charge in [0.2, 0.25) is 0 Å². The van der Waals surface area contributed by atoms with E-state index in [0.717, 1.165) is 25.9 Å². The average molecular weight is 242 g/mol. The third-order valence-electron chi connectivity index (χ3n) is 2.59. The molecule has 2 N–H and O–H groups in total. The second-order valence-electron chi connectivity index (χ2n) is 4.35. The monoisotopic (exact) mass is 242 g/mol. The van der Waals surface area contributed by atoms with E-state index in [1.165, 1.54) is 9.88 Å². The maximum Gasteiger partial charge on any atom is 0.0925 e. The number of aliphatic hydroxyl groups is 1. The lowest BCUT2D eigenvalue weighted by molar-refractivity contribution is 0.116. The van der Waals surface area contributed by atoms with Crippen LogP contribution in [0.2, 0.25) is 0 Å².